The second-order valence-electron chi connectivity index (χ2n) is 6.06. The van der Waals surface area contributed by atoms with Crippen molar-refractivity contribution in [1.82, 2.24) is 34.7 Å². The quantitative estimate of drug-likeness (QED) is 0.625. The van der Waals surface area contributed by atoms with Crippen molar-refractivity contribution in [3.63, 3.8) is 0 Å². The lowest BCUT2D eigenvalue weighted by molar-refractivity contribution is 0.0942. The van der Waals surface area contributed by atoms with Crippen molar-refractivity contribution in [2.75, 3.05) is 5.32 Å². The summed E-state index contributed by atoms with van der Waals surface area (Å²) in [6.07, 6.45) is 4.93. The summed E-state index contributed by atoms with van der Waals surface area (Å²) in [7, 11) is 5.12. The molecule has 0 atom stereocenters. The summed E-state index contributed by atoms with van der Waals surface area (Å²) in [5.74, 6) is -0.742. The van der Waals surface area contributed by atoms with Crippen molar-refractivity contribution < 1.29 is 9.59 Å². The largest absolute Gasteiger partial charge is 0.346 e. The second kappa shape index (κ2) is 7.35. The number of carbonyl (C=O) groups excluding carboxylic acids is 2. The van der Waals surface area contributed by atoms with Gasteiger partial charge in [-0.3, -0.25) is 23.6 Å². The summed E-state index contributed by atoms with van der Waals surface area (Å²) in [6, 6.07) is 0. The van der Waals surface area contributed by atoms with E-state index in [1.165, 1.54) is 15.6 Å². The molecule has 10 nitrogen and oxygen atoms in total. The smallest absolute Gasteiger partial charge is 0.275 e. The molecule has 3 heterocycles. The van der Waals surface area contributed by atoms with Gasteiger partial charge in [0, 0.05) is 39.4 Å². The molecule has 3 aromatic rings. The highest BCUT2D eigenvalue weighted by Gasteiger charge is 2.23. The molecule has 0 unspecified atom stereocenters. The molecule has 11 heteroatoms. The summed E-state index contributed by atoms with van der Waals surface area (Å²) in [5, 5.41) is 17.9. The minimum Gasteiger partial charge on any atom is -0.346 e. The number of amides is 2. The van der Waals surface area contributed by atoms with Gasteiger partial charge in [0.2, 0.25) is 0 Å². The Morgan fingerprint density at radius 2 is 1.81 bits per heavy atom. The van der Waals surface area contributed by atoms with Crippen LogP contribution in [0.2, 0.25) is 0 Å². The SMILES string of the molecule is Cc1nn(C)c(C(=O)Nc2cnn(C)c2C(=O)NCc2cnn(C)c2)c1Br. The summed E-state index contributed by atoms with van der Waals surface area (Å²) >= 11 is 3.37. The molecule has 0 aliphatic carbocycles. The first-order valence-corrected chi connectivity index (χ1v) is 8.85. The number of hydrogen-bond donors (Lipinski definition) is 2. The molecule has 0 fully saturated rings. The Hall–Kier alpha value is -2.95. The highest BCUT2D eigenvalue weighted by molar-refractivity contribution is 9.10. The topological polar surface area (TPSA) is 112 Å². The second-order valence-corrected chi connectivity index (χ2v) is 6.85. The van der Waals surface area contributed by atoms with Gasteiger partial charge < -0.3 is 10.6 Å². The maximum Gasteiger partial charge on any atom is 0.275 e. The summed E-state index contributed by atoms with van der Waals surface area (Å²) in [6.45, 7) is 2.11. The van der Waals surface area contributed by atoms with Gasteiger partial charge in [-0.25, -0.2) is 0 Å². The van der Waals surface area contributed by atoms with Crippen LogP contribution in [0.15, 0.2) is 23.1 Å². The Morgan fingerprint density at radius 3 is 2.41 bits per heavy atom. The first-order valence-electron chi connectivity index (χ1n) is 8.06. The van der Waals surface area contributed by atoms with Gasteiger partial charge in [0.25, 0.3) is 11.8 Å². The van der Waals surface area contributed by atoms with Crippen LogP contribution < -0.4 is 10.6 Å². The van der Waals surface area contributed by atoms with Crippen molar-refractivity contribution in [3.8, 4) is 0 Å². The molecular weight excluding hydrogens is 416 g/mol. The molecule has 0 aliphatic rings. The molecule has 0 aromatic carbocycles. The number of nitrogens with one attached hydrogen (secondary N) is 2. The molecule has 0 spiro atoms. The Kier molecular flexibility index (Phi) is 5.13. The van der Waals surface area contributed by atoms with Gasteiger partial charge >= 0.3 is 0 Å². The minimum absolute atomic E-state index is 0.252. The van der Waals surface area contributed by atoms with Crippen LogP contribution in [0.3, 0.4) is 0 Å². The molecule has 0 saturated carbocycles. The van der Waals surface area contributed by atoms with E-state index in [1.807, 2.05) is 6.20 Å². The summed E-state index contributed by atoms with van der Waals surface area (Å²) < 4.78 is 5.16. The van der Waals surface area contributed by atoms with Gasteiger partial charge in [-0.2, -0.15) is 15.3 Å². The van der Waals surface area contributed by atoms with Crippen LogP contribution in [0.1, 0.15) is 32.2 Å². The fourth-order valence-electron chi connectivity index (χ4n) is 2.69. The van der Waals surface area contributed by atoms with E-state index >= 15 is 0 Å². The molecule has 2 N–H and O–H groups in total. The molecule has 0 bridgehead atoms. The lowest BCUT2D eigenvalue weighted by Gasteiger charge is -2.09. The highest BCUT2D eigenvalue weighted by atomic mass is 79.9. The maximum absolute atomic E-state index is 12.7. The third-order valence-corrected chi connectivity index (χ3v) is 4.93. The normalized spacial score (nSPS) is 10.9. The Bertz CT molecular complexity index is 1020. The van der Waals surface area contributed by atoms with Crippen molar-refractivity contribution in [1.29, 1.82) is 0 Å². The van der Waals surface area contributed by atoms with E-state index in [1.54, 1.807) is 38.9 Å². The number of aromatic nitrogens is 6. The fraction of sp³-hybridized carbons (Fsp3) is 0.312. The van der Waals surface area contributed by atoms with Crippen LogP contribution in [0.25, 0.3) is 0 Å². The lowest BCUT2D eigenvalue weighted by Crippen LogP contribution is -2.27. The van der Waals surface area contributed by atoms with Crippen LogP contribution >= 0.6 is 15.9 Å². The Labute approximate surface area is 163 Å². The van der Waals surface area contributed by atoms with Crippen LogP contribution in [0, 0.1) is 6.92 Å². The van der Waals surface area contributed by atoms with Crippen molar-refractivity contribution in [3.05, 3.63) is 45.7 Å². The van der Waals surface area contributed by atoms with Gasteiger partial charge in [0.15, 0.2) is 0 Å². The van der Waals surface area contributed by atoms with Crippen molar-refractivity contribution >= 4 is 33.4 Å². The average Bonchev–Trinajstić information content (AvgIpc) is 3.24. The molecule has 0 saturated heterocycles. The minimum atomic E-state index is -0.390. The van der Waals surface area contributed by atoms with Gasteiger partial charge in [0.05, 0.1) is 28.2 Å². The van der Waals surface area contributed by atoms with E-state index in [-0.39, 0.29) is 17.5 Å². The van der Waals surface area contributed by atoms with E-state index < -0.39 is 0 Å². The third-order valence-electron chi connectivity index (χ3n) is 3.98. The summed E-state index contributed by atoms with van der Waals surface area (Å²) in [5.41, 5.74) is 2.49. The molecule has 0 aliphatic heterocycles. The third kappa shape index (κ3) is 3.77. The lowest BCUT2D eigenvalue weighted by atomic mass is 10.3. The van der Waals surface area contributed by atoms with E-state index in [2.05, 4.69) is 41.9 Å². The maximum atomic E-state index is 12.7. The van der Waals surface area contributed by atoms with Gasteiger partial charge in [-0.05, 0) is 22.9 Å². The van der Waals surface area contributed by atoms with E-state index in [4.69, 9.17) is 0 Å². The van der Waals surface area contributed by atoms with Crippen LogP contribution in [-0.2, 0) is 27.7 Å². The van der Waals surface area contributed by atoms with Crippen molar-refractivity contribution in [2.24, 2.45) is 21.1 Å². The highest BCUT2D eigenvalue weighted by Crippen LogP contribution is 2.22. The van der Waals surface area contributed by atoms with E-state index in [0.29, 0.717) is 28.1 Å². The number of nitrogens with zero attached hydrogens (tertiary/aromatic N) is 6. The van der Waals surface area contributed by atoms with E-state index in [0.717, 1.165) is 5.56 Å². The molecule has 3 aromatic heterocycles. The monoisotopic (exact) mass is 434 g/mol. The zero-order valence-corrected chi connectivity index (χ0v) is 16.9. The molecule has 27 heavy (non-hydrogen) atoms. The van der Waals surface area contributed by atoms with E-state index in [9.17, 15) is 9.59 Å². The van der Waals surface area contributed by atoms with Gasteiger partial charge in [0.1, 0.15) is 11.4 Å². The Morgan fingerprint density at radius 1 is 1.07 bits per heavy atom. The average molecular weight is 435 g/mol. The standard InChI is InChI=1S/C16H19BrN8O2/c1-9-12(17)14(25(4)22-9)16(27)21-11-7-20-24(3)13(11)15(26)18-5-10-6-19-23(2)8-10/h6-8H,5H2,1-4H3,(H,18,26)(H,21,27). The number of anilines is 1. The molecule has 2 amide bonds. The predicted octanol–water partition coefficient (Wildman–Crippen LogP) is 1.14. The predicted molar refractivity (Wildman–Crippen MR) is 101 cm³/mol. The van der Waals surface area contributed by atoms with Crippen molar-refractivity contribution in [2.45, 2.75) is 13.5 Å². The Balaban J connectivity index is 1.77. The number of hydrogen-bond acceptors (Lipinski definition) is 5. The fourth-order valence-corrected chi connectivity index (χ4v) is 3.20. The molecule has 0 radical (unpaired) electrons. The molecule has 3 rings (SSSR count). The zero-order chi connectivity index (χ0) is 19.7. The number of carbonyl (C=O) groups is 2. The first-order chi connectivity index (χ1) is 12.8. The van der Waals surface area contributed by atoms with Crippen LogP contribution in [-0.4, -0.2) is 41.2 Å². The molecule has 142 valence electrons. The van der Waals surface area contributed by atoms with Crippen LogP contribution in [0.4, 0.5) is 5.69 Å². The first kappa shape index (κ1) is 18.8. The van der Waals surface area contributed by atoms with Gasteiger partial charge in [-0.1, -0.05) is 0 Å². The number of aryl methyl sites for hydroxylation is 4. The summed E-state index contributed by atoms with van der Waals surface area (Å²) in [4.78, 5) is 25.3. The van der Waals surface area contributed by atoms with Gasteiger partial charge in [-0.15, -0.1) is 0 Å². The zero-order valence-electron chi connectivity index (χ0n) is 15.3. The number of rotatable bonds is 5. The van der Waals surface area contributed by atoms with Crippen LogP contribution in [0.5, 0.6) is 0 Å². The number of halogens is 1. The molecular formula is C16H19BrN8O2.